The van der Waals surface area contributed by atoms with E-state index in [0.29, 0.717) is 34.9 Å². The molecule has 0 bridgehead atoms. The Kier molecular flexibility index (Phi) is 7.16. The van der Waals surface area contributed by atoms with Gasteiger partial charge in [-0.2, -0.15) is 0 Å². The normalized spacial score (nSPS) is 18.1. The van der Waals surface area contributed by atoms with E-state index in [0.717, 1.165) is 22.3 Å². The number of aliphatic hydroxyl groups excluding tert-OH is 1. The van der Waals surface area contributed by atoms with Gasteiger partial charge in [-0.15, -0.1) is 0 Å². The van der Waals surface area contributed by atoms with Crippen molar-refractivity contribution >= 4 is 11.7 Å². The largest absolute Gasteiger partial charge is 0.391 e. The van der Waals surface area contributed by atoms with Crippen molar-refractivity contribution in [2.45, 2.75) is 64.2 Å². The molecule has 1 aliphatic carbocycles. The number of benzene rings is 2. The summed E-state index contributed by atoms with van der Waals surface area (Å²) in [6.07, 6.45) is 3.10. The third kappa shape index (κ3) is 5.46. The van der Waals surface area contributed by atoms with E-state index < -0.39 is 23.8 Å². The minimum atomic E-state index is -1.15. The molecule has 1 aliphatic rings. The van der Waals surface area contributed by atoms with E-state index in [9.17, 15) is 15.0 Å². The average molecular weight is 538 g/mol. The van der Waals surface area contributed by atoms with Crippen molar-refractivity contribution in [1.82, 2.24) is 20.3 Å². The van der Waals surface area contributed by atoms with Gasteiger partial charge in [-0.05, 0) is 55.4 Å². The van der Waals surface area contributed by atoms with Gasteiger partial charge in [-0.25, -0.2) is 19.7 Å². The molecule has 0 saturated carbocycles. The van der Waals surface area contributed by atoms with Gasteiger partial charge in [0.05, 0.1) is 29.2 Å². The summed E-state index contributed by atoms with van der Waals surface area (Å²) in [7, 11) is 0. The number of aliphatic hydroxyl groups is 2. The minimum absolute atomic E-state index is 0.198. The summed E-state index contributed by atoms with van der Waals surface area (Å²) in [5.74, 6) is 0.321. The number of aromatic nitrogens is 3. The number of hydrogen-bond donors (Lipinski definition) is 4. The Bertz CT molecular complexity index is 1530. The molecule has 40 heavy (non-hydrogen) atoms. The maximum Gasteiger partial charge on any atom is 0.319 e. The van der Waals surface area contributed by atoms with Gasteiger partial charge >= 0.3 is 6.03 Å². The summed E-state index contributed by atoms with van der Waals surface area (Å²) in [5, 5.41) is 27.2. The first-order valence-electron chi connectivity index (χ1n) is 13.4. The predicted octanol–water partition coefficient (Wildman–Crippen LogP) is 5.65. The first kappa shape index (κ1) is 27.4. The van der Waals surface area contributed by atoms with Crippen molar-refractivity contribution in [1.29, 1.82) is 0 Å². The Labute approximate surface area is 234 Å². The SMILES string of the molecule is Cc1cc(NC(=O)N[C@@H]2c3ccccc3C(C)(C)C[C@H]2O)c(-c2ccccc2)nc1-c1cnc(C(C)(C)O)nc1. The van der Waals surface area contributed by atoms with Gasteiger partial charge in [0.2, 0.25) is 0 Å². The summed E-state index contributed by atoms with van der Waals surface area (Å²) in [6.45, 7) is 9.40. The van der Waals surface area contributed by atoms with Crippen molar-refractivity contribution in [2.24, 2.45) is 0 Å². The monoisotopic (exact) mass is 537 g/mol. The van der Waals surface area contributed by atoms with Crippen molar-refractivity contribution in [3.05, 3.63) is 95.6 Å². The second-order valence-electron chi connectivity index (χ2n) is 11.6. The standard InChI is InChI=1S/C32H35N5O3/c1-19-15-24(35-30(39)37-28-22-13-9-10-14-23(22)31(2,3)16-25(28)38)27(20-11-7-6-8-12-20)36-26(19)21-17-33-29(34-18-21)32(4,5)40/h6-15,17-18,25,28,38,40H,16H2,1-5H3,(H2,35,37,39)/t25-,28-/m1/s1. The molecule has 4 aromatic rings. The van der Waals surface area contributed by atoms with Crippen LogP contribution in [0.15, 0.2) is 73.1 Å². The number of urea groups is 1. The predicted molar refractivity (Wildman–Crippen MR) is 156 cm³/mol. The van der Waals surface area contributed by atoms with E-state index in [1.807, 2.05) is 61.5 Å². The molecule has 0 spiro atoms. The molecule has 0 saturated heterocycles. The number of aryl methyl sites for hydroxylation is 1. The zero-order valence-corrected chi connectivity index (χ0v) is 23.4. The highest BCUT2D eigenvalue weighted by Crippen LogP contribution is 2.41. The van der Waals surface area contributed by atoms with Crippen LogP contribution in [0, 0.1) is 6.92 Å². The lowest BCUT2D eigenvalue weighted by Crippen LogP contribution is -2.45. The maximum atomic E-state index is 13.4. The summed E-state index contributed by atoms with van der Waals surface area (Å²) in [5.41, 5.74) is 4.84. The molecule has 0 radical (unpaired) electrons. The number of rotatable bonds is 5. The number of fused-ring (bicyclic) bond motifs is 1. The molecule has 5 rings (SSSR count). The Morgan fingerprint density at radius 3 is 2.30 bits per heavy atom. The van der Waals surface area contributed by atoms with Gasteiger partial charge in [-0.3, -0.25) is 0 Å². The van der Waals surface area contributed by atoms with E-state index in [-0.39, 0.29) is 5.41 Å². The molecule has 0 fully saturated rings. The van der Waals surface area contributed by atoms with Crippen LogP contribution in [0.5, 0.6) is 0 Å². The van der Waals surface area contributed by atoms with Crippen LogP contribution in [-0.4, -0.2) is 37.3 Å². The van der Waals surface area contributed by atoms with Gasteiger partial charge in [0.15, 0.2) is 5.82 Å². The minimum Gasteiger partial charge on any atom is -0.391 e. The topological polar surface area (TPSA) is 120 Å². The molecule has 2 heterocycles. The fraction of sp³-hybridized carbons (Fsp3) is 0.312. The molecule has 4 N–H and O–H groups in total. The highest BCUT2D eigenvalue weighted by atomic mass is 16.3. The fourth-order valence-corrected chi connectivity index (χ4v) is 5.40. The van der Waals surface area contributed by atoms with Gasteiger partial charge in [0, 0.05) is 23.5 Å². The average Bonchev–Trinajstić information content (AvgIpc) is 2.91. The molecule has 206 valence electrons. The first-order chi connectivity index (χ1) is 18.9. The molecule has 8 heteroatoms. The molecular weight excluding hydrogens is 502 g/mol. The molecule has 2 aromatic heterocycles. The van der Waals surface area contributed by atoms with Crippen molar-refractivity contribution < 1.29 is 15.0 Å². The second kappa shape index (κ2) is 10.4. The van der Waals surface area contributed by atoms with Crippen molar-refractivity contribution in [3.8, 4) is 22.5 Å². The smallest absolute Gasteiger partial charge is 0.319 e. The van der Waals surface area contributed by atoms with Crippen LogP contribution < -0.4 is 10.6 Å². The zero-order chi connectivity index (χ0) is 28.7. The van der Waals surface area contributed by atoms with Crippen molar-refractivity contribution in [3.63, 3.8) is 0 Å². The van der Waals surface area contributed by atoms with Crippen LogP contribution in [-0.2, 0) is 11.0 Å². The van der Waals surface area contributed by atoms with E-state index in [1.165, 1.54) is 0 Å². The van der Waals surface area contributed by atoms with E-state index in [2.05, 4.69) is 40.5 Å². The highest BCUT2D eigenvalue weighted by molar-refractivity contribution is 5.94. The van der Waals surface area contributed by atoms with Gasteiger partial charge in [0.25, 0.3) is 0 Å². The first-order valence-corrected chi connectivity index (χ1v) is 13.4. The van der Waals surface area contributed by atoms with Gasteiger partial charge in [0.1, 0.15) is 5.60 Å². The number of nitrogens with one attached hydrogen (secondary N) is 2. The lowest BCUT2D eigenvalue weighted by molar-refractivity contribution is 0.0687. The van der Waals surface area contributed by atoms with Crippen LogP contribution in [0.1, 0.15) is 62.7 Å². The van der Waals surface area contributed by atoms with Crippen LogP contribution in [0.25, 0.3) is 22.5 Å². The van der Waals surface area contributed by atoms with Crippen LogP contribution >= 0.6 is 0 Å². The molecule has 8 nitrogen and oxygen atoms in total. The molecular formula is C32H35N5O3. The van der Waals surface area contributed by atoms with E-state index in [4.69, 9.17) is 4.98 Å². The molecule has 2 aromatic carbocycles. The third-order valence-electron chi connectivity index (χ3n) is 7.40. The quantitative estimate of drug-likeness (QED) is 0.261. The third-order valence-corrected chi connectivity index (χ3v) is 7.40. The Morgan fingerprint density at radius 2 is 1.62 bits per heavy atom. The molecule has 0 unspecified atom stereocenters. The van der Waals surface area contributed by atoms with E-state index >= 15 is 0 Å². The number of amides is 2. The molecule has 2 atom stereocenters. The van der Waals surface area contributed by atoms with Crippen LogP contribution in [0.2, 0.25) is 0 Å². The van der Waals surface area contributed by atoms with Crippen molar-refractivity contribution in [2.75, 3.05) is 5.32 Å². The Hall–Kier alpha value is -4.14. The Morgan fingerprint density at radius 1 is 0.975 bits per heavy atom. The fourth-order valence-electron chi connectivity index (χ4n) is 5.40. The Balaban J connectivity index is 1.48. The van der Waals surface area contributed by atoms with E-state index in [1.54, 1.807) is 26.2 Å². The molecule has 2 amide bonds. The number of carbonyl (C=O) groups excluding carboxylic acids is 1. The highest BCUT2D eigenvalue weighted by Gasteiger charge is 2.39. The number of nitrogens with zero attached hydrogens (tertiary/aromatic N) is 3. The zero-order valence-electron chi connectivity index (χ0n) is 23.4. The second-order valence-corrected chi connectivity index (χ2v) is 11.6. The maximum absolute atomic E-state index is 13.4. The summed E-state index contributed by atoms with van der Waals surface area (Å²) >= 11 is 0. The molecule has 0 aliphatic heterocycles. The number of hydrogen-bond acceptors (Lipinski definition) is 6. The summed E-state index contributed by atoms with van der Waals surface area (Å²) in [6, 6.07) is 18.5. The summed E-state index contributed by atoms with van der Waals surface area (Å²) < 4.78 is 0. The van der Waals surface area contributed by atoms with Gasteiger partial charge in [-0.1, -0.05) is 68.4 Å². The summed E-state index contributed by atoms with van der Waals surface area (Å²) in [4.78, 5) is 27.0. The number of pyridine rings is 1. The van der Waals surface area contributed by atoms with Gasteiger partial charge < -0.3 is 20.8 Å². The lowest BCUT2D eigenvalue weighted by Gasteiger charge is -2.40. The van der Waals surface area contributed by atoms with Crippen LogP contribution in [0.4, 0.5) is 10.5 Å². The number of carbonyl (C=O) groups is 1. The van der Waals surface area contributed by atoms with Crippen LogP contribution in [0.3, 0.4) is 0 Å². The lowest BCUT2D eigenvalue weighted by atomic mass is 9.70. The number of anilines is 1.